The van der Waals surface area contributed by atoms with Crippen molar-refractivity contribution in [1.82, 2.24) is 0 Å². The lowest BCUT2D eigenvalue weighted by atomic mass is 10.0. The predicted octanol–water partition coefficient (Wildman–Crippen LogP) is 5.56. The third-order valence-corrected chi connectivity index (χ3v) is 6.25. The van der Waals surface area contributed by atoms with Crippen molar-refractivity contribution in [2.24, 2.45) is 5.92 Å². The van der Waals surface area contributed by atoms with Crippen LogP contribution in [0.25, 0.3) is 0 Å². The van der Waals surface area contributed by atoms with Crippen LogP contribution in [-0.2, 0) is 24.2 Å². The molecule has 0 saturated heterocycles. The largest absolute Gasteiger partial charge is 0.493 e. The SMILES string of the molecule is COc1cc(CCC2Cc3cccc(NC(=O)C4CC4)c3O2)ccc1OCc1ccccc1. The van der Waals surface area contributed by atoms with Gasteiger partial charge >= 0.3 is 0 Å². The third kappa shape index (κ3) is 5.14. The third-order valence-electron chi connectivity index (χ3n) is 6.25. The van der Waals surface area contributed by atoms with Crippen LogP contribution in [0.1, 0.15) is 36.0 Å². The van der Waals surface area contributed by atoms with Crippen molar-refractivity contribution >= 4 is 11.6 Å². The average Bonchev–Trinajstić information content (AvgIpc) is 3.62. The molecule has 170 valence electrons. The molecule has 5 heteroatoms. The summed E-state index contributed by atoms with van der Waals surface area (Å²) in [5.74, 6) is 2.60. The Bertz CT molecular complexity index is 1120. The minimum Gasteiger partial charge on any atom is -0.493 e. The fourth-order valence-electron chi connectivity index (χ4n) is 4.23. The van der Waals surface area contributed by atoms with Crippen LogP contribution in [0.5, 0.6) is 17.2 Å². The summed E-state index contributed by atoms with van der Waals surface area (Å²) in [6, 6.07) is 22.2. The molecular weight excluding hydrogens is 414 g/mol. The number of fused-ring (bicyclic) bond motifs is 1. The number of nitrogens with one attached hydrogen (secondary N) is 1. The molecule has 0 bridgehead atoms. The molecule has 0 aromatic heterocycles. The van der Waals surface area contributed by atoms with Crippen molar-refractivity contribution in [3.8, 4) is 17.2 Å². The number of methoxy groups -OCH3 is 1. The Morgan fingerprint density at radius 2 is 1.85 bits per heavy atom. The van der Waals surface area contributed by atoms with E-state index in [1.165, 1.54) is 5.56 Å². The van der Waals surface area contributed by atoms with Crippen molar-refractivity contribution in [1.29, 1.82) is 0 Å². The summed E-state index contributed by atoms with van der Waals surface area (Å²) < 4.78 is 17.8. The summed E-state index contributed by atoms with van der Waals surface area (Å²) in [6.07, 6.45) is 4.69. The van der Waals surface area contributed by atoms with E-state index in [0.717, 1.165) is 66.2 Å². The van der Waals surface area contributed by atoms with Crippen LogP contribution < -0.4 is 19.5 Å². The summed E-state index contributed by atoms with van der Waals surface area (Å²) in [4.78, 5) is 12.2. The lowest BCUT2D eigenvalue weighted by molar-refractivity contribution is -0.117. The quantitative estimate of drug-likeness (QED) is 0.470. The van der Waals surface area contributed by atoms with E-state index in [0.29, 0.717) is 6.61 Å². The van der Waals surface area contributed by atoms with Crippen LogP contribution in [0.3, 0.4) is 0 Å². The first-order valence-corrected chi connectivity index (χ1v) is 11.6. The van der Waals surface area contributed by atoms with Crippen LogP contribution in [0.15, 0.2) is 66.7 Å². The molecule has 5 rings (SSSR count). The Labute approximate surface area is 194 Å². The number of hydrogen-bond acceptors (Lipinski definition) is 4. The molecule has 0 spiro atoms. The summed E-state index contributed by atoms with van der Waals surface area (Å²) in [7, 11) is 1.67. The van der Waals surface area contributed by atoms with E-state index in [9.17, 15) is 4.79 Å². The first kappa shape index (κ1) is 21.4. The van der Waals surface area contributed by atoms with Crippen LogP contribution in [0, 0.1) is 5.92 Å². The van der Waals surface area contributed by atoms with Crippen molar-refractivity contribution in [3.05, 3.63) is 83.4 Å². The molecule has 1 saturated carbocycles. The Morgan fingerprint density at radius 1 is 1.00 bits per heavy atom. The van der Waals surface area contributed by atoms with Crippen LogP contribution in [-0.4, -0.2) is 19.1 Å². The van der Waals surface area contributed by atoms with Gasteiger partial charge < -0.3 is 19.5 Å². The van der Waals surface area contributed by atoms with Gasteiger partial charge in [0.05, 0.1) is 12.8 Å². The maximum Gasteiger partial charge on any atom is 0.227 e. The monoisotopic (exact) mass is 443 g/mol. The Hall–Kier alpha value is -3.47. The van der Waals surface area contributed by atoms with E-state index in [1.54, 1.807) is 7.11 Å². The second kappa shape index (κ2) is 9.57. The van der Waals surface area contributed by atoms with Crippen molar-refractivity contribution in [2.45, 2.75) is 44.8 Å². The molecule has 2 aliphatic rings. The smallest absolute Gasteiger partial charge is 0.227 e. The highest BCUT2D eigenvalue weighted by molar-refractivity contribution is 5.95. The van der Waals surface area contributed by atoms with Gasteiger partial charge in [0.1, 0.15) is 18.5 Å². The number of hydrogen-bond donors (Lipinski definition) is 1. The number of amides is 1. The van der Waals surface area contributed by atoms with Gasteiger partial charge in [-0.15, -0.1) is 0 Å². The van der Waals surface area contributed by atoms with Gasteiger partial charge in [-0.1, -0.05) is 48.5 Å². The number of anilines is 1. The van der Waals surface area contributed by atoms with Gasteiger partial charge in [-0.2, -0.15) is 0 Å². The molecular formula is C28H29NO4. The fourth-order valence-corrected chi connectivity index (χ4v) is 4.23. The number of benzene rings is 3. The second-order valence-electron chi connectivity index (χ2n) is 8.80. The first-order valence-electron chi connectivity index (χ1n) is 11.6. The predicted molar refractivity (Wildman–Crippen MR) is 128 cm³/mol. The van der Waals surface area contributed by atoms with E-state index in [4.69, 9.17) is 14.2 Å². The number of rotatable bonds is 9. The molecule has 5 nitrogen and oxygen atoms in total. The standard InChI is InChI=1S/C28H29NO4/c1-31-26-16-19(11-15-25(26)32-18-20-6-3-2-4-7-20)10-14-23-17-22-8-5-9-24(27(22)33-23)29-28(30)21-12-13-21/h2-9,11,15-16,21,23H,10,12-14,17-18H2,1H3,(H,29,30). The molecule has 1 amide bonds. The minimum atomic E-state index is 0.0963. The molecule has 1 aliphatic heterocycles. The van der Waals surface area contributed by atoms with Crippen LogP contribution >= 0.6 is 0 Å². The molecule has 1 atom stereocenters. The molecule has 1 fully saturated rings. The van der Waals surface area contributed by atoms with Gasteiger partial charge in [0.15, 0.2) is 11.5 Å². The molecule has 0 radical (unpaired) electrons. The zero-order chi connectivity index (χ0) is 22.6. The van der Waals surface area contributed by atoms with E-state index in [1.807, 2.05) is 54.6 Å². The highest BCUT2D eigenvalue weighted by Gasteiger charge is 2.31. The number of carbonyl (C=O) groups is 1. The number of aryl methyl sites for hydroxylation is 1. The van der Waals surface area contributed by atoms with Crippen molar-refractivity contribution < 1.29 is 19.0 Å². The van der Waals surface area contributed by atoms with Gasteiger partial charge in [0, 0.05) is 12.3 Å². The number of para-hydroxylation sites is 1. The first-order chi connectivity index (χ1) is 16.2. The molecule has 1 aliphatic carbocycles. The van der Waals surface area contributed by atoms with Gasteiger partial charge in [0.25, 0.3) is 0 Å². The van der Waals surface area contributed by atoms with Gasteiger partial charge in [-0.25, -0.2) is 0 Å². The minimum absolute atomic E-state index is 0.0963. The van der Waals surface area contributed by atoms with E-state index in [2.05, 4.69) is 17.4 Å². The summed E-state index contributed by atoms with van der Waals surface area (Å²) >= 11 is 0. The zero-order valence-corrected chi connectivity index (χ0v) is 18.9. The maximum absolute atomic E-state index is 12.2. The molecule has 1 unspecified atom stereocenters. The Morgan fingerprint density at radius 3 is 2.64 bits per heavy atom. The highest BCUT2D eigenvalue weighted by Crippen LogP contribution is 2.39. The summed E-state index contributed by atoms with van der Waals surface area (Å²) in [5.41, 5.74) is 4.26. The summed E-state index contributed by atoms with van der Waals surface area (Å²) in [6.45, 7) is 0.504. The lowest BCUT2D eigenvalue weighted by Gasteiger charge is -2.15. The molecule has 1 N–H and O–H groups in total. The highest BCUT2D eigenvalue weighted by atomic mass is 16.5. The van der Waals surface area contributed by atoms with E-state index in [-0.39, 0.29) is 17.9 Å². The van der Waals surface area contributed by atoms with Gasteiger partial charge in [0.2, 0.25) is 5.91 Å². The second-order valence-corrected chi connectivity index (χ2v) is 8.80. The van der Waals surface area contributed by atoms with Crippen LogP contribution in [0.4, 0.5) is 5.69 Å². The molecule has 33 heavy (non-hydrogen) atoms. The van der Waals surface area contributed by atoms with E-state index >= 15 is 0 Å². The van der Waals surface area contributed by atoms with Gasteiger partial charge in [-0.3, -0.25) is 4.79 Å². The fraction of sp³-hybridized carbons (Fsp3) is 0.321. The lowest BCUT2D eigenvalue weighted by Crippen LogP contribution is -2.16. The maximum atomic E-state index is 12.2. The van der Waals surface area contributed by atoms with Gasteiger partial charge in [-0.05, 0) is 60.6 Å². The topological polar surface area (TPSA) is 56.8 Å². The van der Waals surface area contributed by atoms with E-state index < -0.39 is 0 Å². The number of ether oxygens (including phenoxy) is 3. The normalized spacial score (nSPS) is 16.6. The molecule has 1 heterocycles. The average molecular weight is 444 g/mol. The Balaban J connectivity index is 1.18. The van der Waals surface area contributed by atoms with Crippen molar-refractivity contribution in [2.75, 3.05) is 12.4 Å². The zero-order valence-electron chi connectivity index (χ0n) is 18.9. The Kier molecular flexibility index (Phi) is 6.20. The van der Waals surface area contributed by atoms with Crippen molar-refractivity contribution in [3.63, 3.8) is 0 Å². The summed E-state index contributed by atoms with van der Waals surface area (Å²) in [5, 5.41) is 3.05. The number of carbonyl (C=O) groups excluding carboxylic acids is 1. The molecule has 3 aromatic carbocycles. The molecule has 3 aromatic rings. The van der Waals surface area contributed by atoms with Crippen LogP contribution in [0.2, 0.25) is 0 Å².